The molecule has 2 heterocycles. The summed E-state index contributed by atoms with van der Waals surface area (Å²) in [6.07, 6.45) is 3.47. The topological polar surface area (TPSA) is 75.4 Å². The molecule has 6 nitrogen and oxygen atoms in total. The highest BCUT2D eigenvalue weighted by Crippen LogP contribution is 2.48. The molecule has 4 rings (SSSR count). The minimum absolute atomic E-state index is 0.0387. The molecule has 2 N–H and O–H groups in total. The Morgan fingerprint density at radius 2 is 2.11 bits per heavy atom. The predicted molar refractivity (Wildman–Crippen MR) is 100 cm³/mol. The van der Waals surface area contributed by atoms with E-state index in [1.807, 2.05) is 11.9 Å². The van der Waals surface area contributed by atoms with Crippen LogP contribution >= 0.6 is 0 Å². The predicted octanol–water partition coefficient (Wildman–Crippen LogP) is 2.03. The number of amides is 1. The second-order valence-corrected chi connectivity index (χ2v) is 7.54. The van der Waals surface area contributed by atoms with Gasteiger partial charge in [0.15, 0.2) is 0 Å². The van der Waals surface area contributed by atoms with Crippen molar-refractivity contribution in [3.05, 3.63) is 53.7 Å². The van der Waals surface area contributed by atoms with Crippen LogP contribution < -0.4 is 5.73 Å². The number of aromatic nitrogens is 2. The number of rotatable bonds is 5. The molecule has 0 spiro atoms. The summed E-state index contributed by atoms with van der Waals surface area (Å²) in [5.41, 5.74) is 6.77. The van der Waals surface area contributed by atoms with Gasteiger partial charge in [0, 0.05) is 31.2 Å². The number of halogens is 1. The number of likely N-dealkylation sites (tertiary alicyclic amines) is 1. The van der Waals surface area contributed by atoms with Gasteiger partial charge in [-0.15, -0.1) is 0 Å². The van der Waals surface area contributed by atoms with E-state index in [2.05, 4.69) is 14.9 Å². The van der Waals surface area contributed by atoms with Crippen molar-refractivity contribution in [3.8, 4) is 0 Å². The smallest absolute Gasteiger partial charge is 0.226 e. The molecule has 2 aromatic rings. The van der Waals surface area contributed by atoms with Crippen LogP contribution in [-0.2, 0) is 11.3 Å². The zero-order valence-electron chi connectivity index (χ0n) is 15.4. The zero-order chi connectivity index (χ0) is 19.0. The number of anilines is 1. The van der Waals surface area contributed by atoms with E-state index in [9.17, 15) is 9.18 Å². The molecule has 0 bridgehead atoms. The van der Waals surface area contributed by atoms with Gasteiger partial charge >= 0.3 is 0 Å². The maximum Gasteiger partial charge on any atom is 0.226 e. The molecule has 0 radical (unpaired) electrons. The summed E-state index contributed by atoms with van der Waals surface area (Å²) in [6.45, 7) is 2.11. The van der Waals surface area contributed by atoms with Gasteiger partial charge < -0.3 is 10.6 Å². The van der Waals surface area contributed by atoms with Crippen LogP contribution in [-0.4, -0.2) is 51.9 Å². The van der Waals surface area contributed by atoms with Gasteiger partial charge in [-0.1, -0.05) is 12.1 Å². The van der Waals surface area contributed by atoms with E-state index in [4.69, 9.17) is 5.73 Å². The average Bonchev–Trinajstić information content (AvgIpc) is 3.28. The third-order valence-electron chi connectivity index (χ3n) is 5.62. The number of hydrogen-bond acceptors (Lipinski definition) is 5. The molecule has 1 amide bonds. The second kappa shape index (κ2) is 7.23. The van der Waals surface area contributed by atoms with E-state index >= 15 is 0 Å². The summed E-state index contributed by atoms with van der Waals surface area (Å²) in [5.74, 6) is 1.42. The molecule has 142 valence electrons. The molecular weight excluding hydrogens is 345 g/mol. The van der Waals surface area contributed by atoms with E-state index in [0.29, 0.717) is 24.2 Å². The van der Waals surface area contributed by atoms with Gasteiger partial charge in [0.25, 0.3) is 0 Å². The van der Waals surface area contributed by atoms with Crippen LogP contribution in [0.5, 0.6) is 0 Å². The standard InChI is InChI=1S/C20H24FN5O/c1-25(12-19-23-8-6-18(22)24-19)15-7-9-26(11-15)20(27)17-10-16(17)13-2-4-14(21)5-3-13/h2-6,8,15-17H,7,9-12H2,1H3,(H2,22,23,24)/t15-,16-,17-/m1/s1. The number of carbonyl (C=O) groups excluding carboxylic acids is 1. The number of nitrogens with zero attached hydrogens (tertiary/aromatic N) is 4. The number of likely N-dealkylation sites (N-methyl/N-ethyl adjacent to an activating group) is 1. The maximum atomic E-state index is 13.1. The molecule has 1 saturated heterocycles. The number of carbonyl (C=O) groups is 1. The minimum atomic E-state index is -0.239. The highest BCUT2D eigenvalue weighted by Gasteiger charge is 2.47. The fourth-order valence-corrected chi connectivity index (χ4v) is 3.93. The summed E-state index contributed by atoms with van der Waals surface area (Å²) < 4.78 is 13.1. The van der Waals surface area contributed by atoms with Crippen molar-refractivity contribution in [1.82, 2.24) is 19.8 Å². The first kappa shape index (κ1) is 17.9. The Labute approximate surface area is 158 Å². The number of benzene rings is 1. The van der Waals surface area contributed by atoms with Crippen molar-refractivity contribution >= 4 is 11.7 Å². The van der Waals surface area contributed by atoms with E-state index in [1.54, 1.807) is 24.4 Å². The first-order valence-corrected chi connectivity index (χ1v) is 9.33. The Hall–Kier alpha value is -2.54. The van der Waals surface area contributed by atoms with Gasteiger partial charge in [-0.3, -0.25) is 9.69 Å². The highest BCUT2D eigenvalue weighted by molar-refractivity contribution is 5.83. The SMILES string of the molecule is CN(Cc1nccc(N)n1)[C@@H]1CCN(C(=O)[C@@H]2C[C@@H]2c2ccc(F)cc2)C1. The van der Waals surface area contributed by atoms with Crippen LogP contribution in [0.4, 0.5) is 10.2 Å². The van der Waals surface area contributed by atoms with E-state index in [1.165, 1.54) is 12.1 Å². The van der Waals surface area contributed by atoms with Crippen LogP contribution in [0.2, 0.25) is 0 Å². The third kappa shape index (κ3) is 3.93. The van der Waals surface area contributed by atoms with Crippen LogP contribution in [0.15, 0.2) is 36.5 Å². The Morgan fingerprint density at radius 3 is 2.85 bits per heavy atom. The van der Waals surface area contributed by atoms with E-state index in [-0.39, 0.29) is 23.6 Å². The highest BCUT2D eigenvalue weighted by atomic mass is 19.1. The largest absolute Gasteiger partial charge is 0.384 e. The molecule has 27 heavy (non-hydrogen) atoms. The first-order valence-electron chi connectivity index (χ1n) is 9.33. The van der Waals surface area contributed by atoms with Gasteiger partial charge in [-0.05, 0) is 49.6 Å². The van der Waals surface area contributed by atoms with Crippen LogP contribution in [0, 0.1) is 11.7 Å². The lowest BCUT2D eigenvalue weighted by molar-refractivity contribution is -0.131. The van der Waals surface area contributed by atoms with Crippen LogP contribution in [0.3, 0.4) is 0 Å². The summed E-state index contributed by atoms with van der Waals surface area (Å²) in [6, 6.07) is 8.48. The second-order valence-electron chi connectivity index (χ2n) is 7.54. The van der Waals surface area contributed by atoms with Gasteiger partial charge in [0.2, 0.25) is 5.91 Å². The van der Waals surface area contributed by atoms with Crippen LogP contribution in [0.25, 0.3) is 0 Å². The molecule has 7 heteroatoms. The fourth-order valence-electron chi connectivity index (χ4n) is 3.93. The molecule has 1 aliphatic heterocycles. The maximum absolute atomic E-state index is 13.1. The molecular formula is C20H24FN5O. The van der Waals surface area contributed by atoms with Gasteiger partial charge in [0.05, 0.1) is 6.54 Å². The molecule has 3 atom stereocenters. The van der Waals surface area contributed by atoms with Crippen LogP contribution in [0.1, 0.15) is 30.1 Å². The Kier molecular flexibility index (Phi) is 4.78. The van der Waals surface area contributed by atoms with Crippen molar-refractivity contribution in [2.24, 2.45) is 5.92 Å². The quantitative estimate of drug-likeness (QED) is 0.873. The molecule has 2 aliphatic rings. The Morgan fingerprint density at radius 1 is 1.33 bits per heavy atom. The van der Waals surface area contributed by atoms with Gasteiger partial charge in [-0.25, -0.2) is 14.4 Å². The number of nitrogen functional groups attached to an aromatic ring is 1. The first-order chi connectivity index (χ1) is 13.0. The summed E-state index contributed by atoms with van der Waals surface area (Å²) in [7, 11) is 2.03. The van der Waals surface area contributed by atoms with E-state index < -0.39 is 0 Å². The normalized spacial score (nSPS) is 24.4. The lowest BCUT2D eigenvalue weighted by atomic mass is 10.1. The molecule has 0 unspecified atom stereocenters. The Bertz CT molecular complexity index is 827. The van der Waals surface area contributed by atoms with Gasteiger partial charge in [-0.2, -0.15) is 0 Å². The van der Waals surface area contributed by atoms with Gasteiger partial charge in [0.1, 0.15) is 17.5 Å². The van der Waals surface area contributed by atoms with Crippen molar-refractivity contribution in [2.75, 3.05) is 25.9 Å². The van der Waals surface area contributed by atoms with Crippen molar-refractivity contribution in [3.63, 3.8) is 0 Å². The summed E-state index contributed by atoms with van der Waals surface area (Å²) in [5, 5.41) is 0. The lowest BCUT2D eigenvalue weighted by Gasteiger charge is -2.24. The summed E-state index contributed by atoms with van der Waals surface area (Å²) in [4.78, 5) is 25.5. The molecule has 1 aromatic carbocycles. The Balaban J connectivity index is 1.31. The molecule has 1 aliphatic carbocycles. The average molecular weight is 369 g/mol. The third-order valence-corrected chi connectivity index (χ3v) is 5.62. The van der Waals surface area contributed by atoms with Crippen molar-refractivity contribution < 1.29 is 9.18 Å². The molecule has 2 fully saturated rings. The number of hydrogen-bond donors (Lipinski definition) is 1. The van der Waals surface area contributed by atoms with Crippen molar-refractivity contribution in [2.45, 2.75) is 31.3 Å². The minimum Gasteiger partial charge on any atom is -0.384 e. The van der Waals surface area contributed by atoms with E-state index in [0.717, 1.165) is 31.5 Å². The lowest BCUT2D eigenvalue weighted by Crippen LogP contribution is -2.37. The number of nitrogens with two attached hydrogens (primary N) is 1. The zero-order valence-corrected chi connectivity index (χ0v) is 15.4. The summed E-state index contributed by atoms with van der Waals surface area (Å²) >= 11 is 0. The fraction of sp³-hybridized carbons (Fsp3) is 0.450. The molecule has 1 saturated carbocycles. The molecule has 1 aromatic heterocycles. The monoisotopic (exact) mass is 369 g/mol. The van der Waals surface area contributed by atoms with Crippen molar-refractivity contribution in [1.29, 1.82) is 0 Å².